The van der Waals surface area contributed by atoms with Crippen molar-refractivity contribution >= 4 is 10.8 Å². The molecule has 30 heavy (non-hydrogen) atoms. The molecule has 2 aromatic rings. The minimum absolute atomic E-state index is 0.0172. The molecule has 4 heteroatoms. The van der Waals surface area contributed by atoms with Crippen LogP contribution in [-0.4, -0.2) is 6.61 Å². The van der Waals surface area contributed by atoms with E-state index in [1.54, 1.807) is 6.07 Å². The van der Waals surface area contributed by atoms with E-state index in [-0.39, 0.29) is 11.3 Å². The molecule has 1 saturated carbocycles. The fourth-order valence-electron chi connectivity index (χ4n) is 4.78. The molecule has 3 rings (SSSR count). The van der Waals surface area contributed by atoms with Crippen LogP contribution in [0.3, 0.4) is 0 Å². The van der Waals surface area contributed by atoms with Crippen molar-refractivity contribution in [2.45, 2.75) is 83.7 Å². The smallest absolute Gasteiger partial charge is 0.387 e. The lowest BCUT2D eigenvalue weighted by atomic mass is 9.77. The second kappa shape index (κ2) is 10.9. The molecule has 0 N–H and O–H groups in total. The van der Waals surface area contributed by atoms with Gasteiger partial charge in [-0.15, -0.1) is 6.58 Å². The van der Waals surface area contributed by atoms with Gasteiger partial charge in [0.2, 0.25) is 0 Å². The summed E-state index contributed by atoms with van der Waals surface area (Å²) in [5, 5.41) is 1.14. The van der Waals surface area contributed by atoms with Gasteiger partial charge in [-0.3, -0.25) is 0 Å². The van der Waals surface area contributed by atoms with Crippen LogP contribution in [0, 0.1) is 11.7 Å². The average molecular weight is 419 g/mol. The Morgan fingerprint density at radius 1 is 1.13 bits per heavy atom. The molecule has 0 spiro atoms. The highest BCUT2D eigenvalue weighted by molar-refractivity contribution is 5.86. The Kier molecular flexibility index (Phi) is 8.24. The van der Waals surface area contributed by atoms with E-state index in [2.05, 4.69) is 13.5 Å². The molecule has 2 aromatic carbocycles. The minimum atomic E-state index is -2.96. The molecule has 0 unspecified atom stereocenters. The predicted octanol–water partition coefficient (Wildman–Crippen LogP) is 8.55. The lowest BCUT2D eigenvalue weighted by Crippen LogP contribution is -2.13. The third kappa shape index (κ3) is 5.59. The monoisotopic (exact) mass is 418 g/mol. The Labute approximate surface area is 178 Å². The number of hydrogen-bond acceptors (Lipinski definition) is 1. The van der Waals surface area contributed by atoms with Gasteiger partial charge in [-0.1, -0.05) is 44.0 Å². The van der Waals surface area contributed by atoms with Gasteiger partial charge < -0.3 is 4.74 Å². The molecule has 1 aliphatic rings. The van der Waals surface area contributed by atoms with E-state index >= 15 is 4.39 Å². The highest BCUT2D eigenvalue weighted by Crippen LogP contribution is 2.40. The summed E-state index contributed by atoms with van der Waals surface area (Å²) in [4.78, 5) is 0. The van der Waals surface area contributed by atoms with E-state index < -0.39 is 12.4 Å². The van der Waals surface area contributed by atoms with Gasteiger partial charge in [0.05, 0.1) is 0 Å². The van der Waals surface area contributed by atoms with E-state index in [9.17, 15) is 8.78 Å². The van der Waals surface area contributed by atoms with Crippen LogP contribution in [0.2, 0.25) is 0 Å². The third-order valence-electron chi connectivity index (χ3n) is 6.50. The predicted molar refractivity (Wildman–Crippen MR) is 118 cm³/mol. The van der Waals surface area contributed by atoms with Crippen molar-refractivity contribution in [1.82, 2.24) is 0 Å². The van der Waals surface area contributed by atoms with Crippen LogP contribution in [0.5, 0.6) is 5.75 Å². The molecule has 0 bridgehead atoms. The van der Waals surface area contributed by atoms with Crippen molar-refractivity contribution in [1.29, 1.82) is 0 Å². The van der Waals surface area contributed by atoms with Gasteiger partial charge in [0, 0.05) is 10.9 Å². The summed E-state index contributed by atoms with van der Waals surface area (Å²) < 4.78 is 45.9. The van der Waals surface area contributed by atoms with Gasteiger partial charge >= 0.3 is 6.61 Å². The van der Waals surface area contributed by atoms with Crippen LogP contribution >= 0.6 is 0 Å². The summed E-state index contributed by atoms with van der Waals surface area (Å²) in [5.74, 6) is 0.769. The van der Waals surface area contributed by atoms with Gasteiger partial charge in [-0.2, -0.15) is 8.78 Å². The van der Waals surface area contributed by atoms with Crippen LogP contribution in [-0.2, 0) is 6.42 Å². The minimum Gasteiger partial charge on any atom is -0.434 e. The van der Waals surface area contributed by atoms with Crippen LogP contribution in [0.15, 0.2) is 36.9 Å². The highest BCUT2D eigenvalue weighted by atomic mass is 19.3. The second-order valence-electron chi connectivity index (χ2n) is 8.57. The van der Waals surface area contributed by atoms with Gasteiger partial charge in [0.15, 0.2) is 0 Å². The molecule has 0 atom stereocenters. The maximum Gasteiger partial charge on any atom is 0.387 e. The molecule has 0 aliphatic heterocycles. The summed E-state index contributed by atoms with van der Waals surface area (Å²) >= 11 is 0. The standard InChI is InChI=1S/C26H33F3O/c1-3-5-7-9-23-24(30-26(28)29)17-21-16-20(14-15-22(21)25(23)27)19-12-10-18(11-13-19)8-6-4-2/h4,14-19,26H,2-3,5-13H2,1H3. The zero-order chi connectivity index (χ0) is 21.5. The van der Waals surface area contributed by atoms with Gasteiger partial charge in [0.25, 0.3) is 0 Å². The quantitative estimate of drug-likeness (QED) is 0.277. The molecule has 1 fully saturated rings. The van der Waals surface area contributed by atoms with E-state index in [0.29, 0.717) is 23.1 Å². The second-order valence-corrected chi connectivity index (χ2v) is 8.57. The van der Waals surface area contributed by atoms with E-state index in [0.717, 1.165) is 44.4 Å². The van der Waals surface area contributed by atoms with Crippen molar-refractivity contribution in [2.75, 3.05) is 0 Å². The number of benzene rings is 2. The third-order valence-corrected chi connectivity index (χ3v) is 6.50. The zero-order valence-corrected chi connectivity index (χ0v) is 17.9. The van der Waals surface area contributed by atoms with E-state index in [4.69, 9.17) is 4.74 Å². The summed E-state index contributed by atoms with van der Waals surface area (Å²) in [6.07, 6.45) is 12.0. The van der Waals surface area contributed by atoms with Crippen molar-refractivity contribution in [3.8, 4) is 5.75 Å². The molecule has 0 aromatic heterocycles. The number of allylic oxidation sites excluding steroid dienone is 1. The lowest BCUT2D eigenvalue weighted by Gasteiger charge is -2.29. The molecule has 0 heterocycles. The Hall–Kier alpha value is -1.97. The molecule has 1 aliphatic carbocycles. The fraction of sp³-hybridized carbons (Fsp3) is 0.538. The average Bonchev–Trinajstić information content (AvgIpc) is 2.74. The Bertz CT molecular complexity index is 838. The first-order valence-electron chi connectivity index (χ1n) is 11.3. The fourth-order valence-corrected chi connectivity index (χ4v) is 4.78. The number of halogens is 3. The van der Waals surface area contributed by atoms with Crippen molar-refractivity contribution in [3.05, 3.63) is 53.9 Å². The van der Waals surface area contributed by atoms with Crippen molar-refractivity contribution in [2.24, 2.45) is 5.92 Å². The molecule has 1 nitrogen and oxygen atoms in total. The summed E-state index contributed by atoms with van der Waals surface area (Å²) in [5.41, 5.74) is 1.44. The highest BCUT2D eigenvalue weighted by Gasteiger charge is 2.23. The maximum absolute atomic E-state index is 15.2. The van der Waals surface area contributed by atoms with Crippen LogP contribution in [0.25, 0.3) is 10.8 Å². The van der Waals surface area contributed by atoms with Crippen molar-refractivity contribution < 1.29 is 17.9 Å². The lowest BCUT2D eigenvalue weighted by molar-refractivity contribution is -0.0505. The molecule has 0 saturated heterocycles. The van der Waals surface area contributed by atoms with Crippen molar-refractivity contribution in [3.63, 3.8) is 0 Å². The molecular weight excluding hydrogens is 385 g/mol. The number of ether oxygens (including phenoxy) is 1. The first-order chi connectivity index (χ1) is 14.5. The Morgan fingerprint density at radius 2 is 1.90 bits per heavy atom. The van der Waals surface area contributed by atoms with Gasteiger partial charge in [0.1, 0.15) is 11.6 Å². The first kappa shape index (κ1) is 22.7. The zero-order valence-electron chi connectivity index (χ0n) is 17.9. The van der Waals surface area contributed by atoms with Gasteiger partial charge in [-0.25, -0.2) is 4.39 Å². The van der Waals surface area contributed by atoms with Crippen LogP contribution in [0.1, 0.15) is 81.8 Å². The SMILES string of the molecule is C=CCCC1CCC(c2ccc3c(F)c(CCCCC)c(OC(F)F)cc3c2)CC1. The number of fused-ring (bicyclic) bond motifs is 1. The van der Waals surface area contributed by atoms with Crippen LogP contribution < -0.4 is 4.74 Å². The van der Waals surface area contributed by atoms with Crippen LogP contribution in [0.4, 0.5) is 13.2 Å². The molecule has 0 amide bonds. The maximum atomic E-state index is 15.2. The normalized spacial score (nSPS) is 19.4. The molecule has 164 valence electrons. The van der Waals surface area contributed by atoms with Gasteiger partial charge in [-0.05, 0) is 80.2 Å². The number of alkyl halides is 2. The first-order valence-corrected chi connectivity index (χ1v) is 11.3. The topological polar surface area (TPSA) is 9.23 Å². The Balaban J connectivity index is 1.84. The summed E-state index contributed by atoms with van der Waals surface area (Å²) in [6.45, 7) is 2.91. The molecular formula is C26H33F3O. The Morgan fingerprint density at radius 3 is 2.57 bits per heavy atom. The molecule has 0 radical (unpaired) electrons. The summed E-state index contributed by atoms with van der Waals surface area (Å²) in [6, 6.07) is 7.41. The number of hydrogen-bond donors (Lipinski definition) is 0. The largest absolute Gasteiger partial charge is 0.434 e. The number of unbranched alkanes of at least 4 members (excludes halogenated alkanes) is 2. The summed E-state index contributed by atoms with van der Waals surface area (Å²) in [7, 11) is 0. The number of rotatable bonds is 10. The van der Waals surface area contributed by atoms with E-state index in [1.165, 1.54) is 24.8 Å². The van der Waals surface area contributed by atoms with E-state index in [1.807, 2.05) is 24.3 Å².